The number of thioether (sulfide) groups is 1. The largest absolute Gasteiger partial charge is 0.507 e. The number of phenolic OH excluding ortho intramolecular Hbond substituents is 5. The van der Waals surface area contributed by atoms with Crippen molar-refractivity contribution in [1.29, 1.82) is 0 Å². The zero-order chi connectivity index (χ0) is 87.8. The molecule has 3 aromatic heterocycles. The van der Waals surface area contributed by atoms with Crippen LogP contribution >= 0.6 is 46.6 Å². The van der Waals surface area contributed by atoms with Gasteiger partial charge in [0.15, 0.2) is 20.2 Å². The molecule has 2 unspecified atom stereocenters. The summed E-state index contributed by atoms with van der Waals surface area (Å²) in [5.74, 6) is -1.83. The highest BCUT2D eigenvalue weighted by Gasteiger charge is 2.45. The Morgan fingerprint density at radius 2 is 1.04 bits per heavy atom. The molecule has 124 heavy (non-hydrogen) atoms. The van der Waals surface area contributed by atoms with Crippen LogP contribution in [0.1, 0.15) is 172 Å². The highest BCUT2D eigenvalue weighted by molar-refractivity contribution is 8.14. The molecular weight excluding hydrogens is 1660 g/mol. The number of aryl methyl sites for hydroxylation is 6. The zero-order valence-corrected chi connectivity index (χ0v) is 73.9. The van der Waals surface area contributed by atoms with Gasteiger partial charge in [-0.05, 0) is 190 Å². The molecule has 642 valence electrons. The molecule has 2 bridgehead atoms. The summed E-state index contributed by atoms with van der Waals surface area (Å²) in [6.07, 6.45) is 14.2. The molecule has 14 aromatic rings. The molecule has 30 heteroatoms. The number of nitrogens with one attached hydrogen (secondary N) is 3. The van der Waals surface area contributed by atoms with Crippen molar-refractivity contribution in [3.8, 4) is 45.9 Å². The molecule has 2 aliphatic carbocycles. The van der Waals surface area contributed by atoms with E-state index in [0.29, 0.717) is 62.1 Å². The molecule has 11 N–H and O–H groups in total. The number of ether oxygens (including phenoxy) is 1. The predicted octanol–water partition coefficient (Wildman–Crippen LogP) is 19.1. The number of aromatic hydroxyl groups is 5. The topological polar surface area (TPSA) is 378 Å². The SMILES string of the molecule is CC(=O)Oc1ccccc1.CCCCCCCCNC(=O)c1c(Sc2nnnn2-c2ccccc2)c(S(N)(=O)(O)c2ccccc2)c2ccccc2c1O.CSc1nnc(Sc2c(C(=O)NCCCc3ccc(C)cc3C)c(O)c(O)c3ccccc23)s1.Cc1ccc(CCCNC(=O)c2c(O)c3c(c(O)c2-n2nnc4ccccc42)C2CCC3C2)c(C)c1. The van der Waals surface area contributed by atoms with E-state index in [1.54, 1.807) is 78.9 Å². The second kappa shape index (κ2) is 40.5. The van der Waals surface area contributed by atoms with Crippen molar-refractivity contribution in [2.45, 2.75) is 170 Å². The van der Waals surface area contributed by atoms with Crippen LogP contribution < -0.4 is 25.8 Å². The molecule has 11 aromatic carbocycles. The van der Waals surface area contributed by atoms with Gasteiger partial charge < -0.3 is 46.2 Å². The molecule has 2 atom stereocenters. The number of hydrogen-bond acceptors (Lipinski definition) is 22. The number of benzene rings is 11. The first-order valence-electron chi connectivity index (χ1n) is 41.0. The van der Waals surface area contributed by atoms with E-state index in [2.05, 4.69) is 123 Å². The Labute approximate surface area is 735 Å². The molecule has 3 heterocycles. The molecule has 0 radical (unpaired) electrons. The lowest BCUT2D eigenvalue weighted by atomic mass is 9.87. The summed E-state index contributed by atoms with van der Waals surface area (Å²) in [6.45, 7) is 13.2. The minimum atomic E-state index is -5.37. The van der Waals surface area contributed by atoms with E-state index in [4.69, 9.17) is 9.88 Å². The van der Waals surface area contributed by atoms with Crippen molar-refractivity contribution in [1.82, 2.24) is 61.3 Å². The molecule has 16 rings (SSSR count). The van der Waals surface area contributed by atoms with E-state index < -0.39 is 33.0 Å². The molecular formula is C94H99N13O12S5. The van der Waals surface area contributed by atoms with Crippen LogP contribution in [-0.2, 0) is 27.2 Å². The van der Waals surface area contributed by atoms with Gasteiger partial charge in [0.05, 0.1) is 37.0 Å². The number of amides is 3. The van der Waals surface area contributed by atoms with Crippen LogP contribution in [0.15, 0.2) is 234 Å². The Morgan fingerprint density at radius 1 is 0.524 bits per heavy atom. The van der Waals surface area contributed by atoms with Crippen molar-refractivity contribution >= 4 is 112 Å². The number of carbonyl (C=O) groups is 4. The lowest BCUT2D eigenvalue weighted by molar-refractivity contribution is -0.131. The van der Waals surface area contributed by atoms with Crippen LogP contribution in [-0.4, -0.2) is 129 Å². The van der Waals surface area contributed by atoms with Gasteiger partial charge in [-0.15, -0.1) is 20.4 Å². The predicted molar refractivity (Wildman–Crippen MR) is 488 cm³/mol. The maximum absolute atomic E-state index is 14.8. The third kappa shape index (κ3) is 20.4. The summed E-state index contributed by atoms with van der Waals surface area (Å²) in [5.41, 5.74) is 11.1. The number of nitrogens with zero attached hydrogens (tertiary/aromatic N) is 9. The van der Waals surface area contributed by atoms with Crippen LogP contribution in [0.5, 0.6) is 34.5 Å². The first kappa shape index (κ1) is 89.7. The van der Waals surface area contributed by atoms with E-state index >= 15 is 0 Å². The third-order valence-electron chi connectivity index (χ3n) is 21.8. The lowest BCUT2D eigenvalue weighted by Crippen LogP contribution is -2.43. The van der Waals surface area contributed by atoms with Gasteiger partial charge >= 0.3 is 5.97 Å². The van der Waals surface area contributed by atoms with Crippen LogP contribution in [0.4, 0.5) is 0 Å². The van der Waals surface area contributed by atoms with Crippen LogP contribution in [0.2, 0.25) is 0 Å². The normalized spacial score (nSPS) is 13.5. The van der Waals surface area contributed by atoms with Crippen molar-refractivity contribution < 1.29 is 58.2 Å². The maximum atomic E-state index is 14.8. The first-order chi connectivity index (χ1) is 59.8. The monoisotopic (exact) mass is 1760 g/mol. The molecule has 3 amide bonds. The van der Waals surface area contributed by atoms with Crippen LogP contribution in [0, 0.1) is 27.7 Å². The number of aromatic nitrogens is 9. The van der Waals surface area contributed by atoms with Gasteiger partial charge in [-0.3, -0.25) is 23.7 Å². The minimum absolute atomic E-state index is 0.0144. The number of para-hydroxylation sites is 3. The Bertz CT molecular complexity index is 6280. The summed E-state index contributed by atoms with van der Waals surface area (Å²) in [7, 11) is -5.37. The molecule has 1 saturated carbocycles. The Balaban J connectivity index is 0.000000152. The number of carbonyl (C=O) groups excluding carboxylic acids is 4. The van der Waals surface area contributed by atoms with Crippen LogP contribution in [0.3, 0.4) is 0 Å². The van der Waals surface area contributed by atoms with Gasteiger partial charge in [-0.25, -0.2) is 9.82 Å². The van der Waals surface area contributed by atoms with Crippen molar-refractivity contribution in [2.75, 3.05) is 25.9 Å². The van der Waals surface area contributed by atoms with E-state index in [0.717, 1.165) is 104 Å². The molecule has 0 spiro atoms. The Hall–Kier alpha value is -12.0. The first-order valence-corrected chi connectivity index (χ1v) is 46.7. The third-order valence-corrected chi connectivity index (χ3v) is 28.5. The molecule has 0 saturated heterocycles. The Kier molecular flexibility index (Phi) is 29.3. The standard InChI is InChI=1S/C32H36N6O4S2.C29H30N4O3.C25H25N3O3S3.C8H8O2/c1-2-3-4-5-6-15-22-34-31(40)27-28(39)25-20-13-14-21-26(25)30(44(33,41,42)24-18-11-8-12-19-24)29(27)43-32-35-36-37-38(32)23-16-9-7-10-17-23;1-16-9-10-18(17(2)14-16)6-5-13-30-29(36)25-26(33-22-8-4-3-7-21(22)31-32-33)28(35)24-20-12-11-19(15-20)23(24)27(25)34;1-14-10-11-16(15(2)13-14)7-6-12-26-23(31)19-21(30)20(29)17-8-4-5-9-18(17)22(19)33-25-28-27-24(32-3)34-25;1-7(9)10-8-5-3-2-4-6-8/h7-14,16-21,39H,2-6,15,22H2,1H3,(H,34,40)(H3,33,41,42);3-4,7-10,14,19-20,34-35H,5-6,11-13,15H2,1-2H3,(H,30,36);4-5,8-11,13,29-30H,6-7,12H2,1-3H3,(H,26,31);2-6H,1H3. The molecule has 1 fully saturated rings. The smallest absolute Gasteiger partial charge is 0.308 e. The van der Waals surface area contributed by atoms with E-state index in [-0.39, 0.29) is 93.8 Å². The number of hydrogen-bond donors (Lipinski definition) is 10. The number of nitrogens with two attached hydrogens (primary N) is 1. The molecule has 25 nitrogen and oxygen atoms in total. The number of esters is 1. The lowest BCUT2D eigenvalue weighted by Gasteiger charge is -2.41. The van der Waals surface area contributed by atoms with E-state index in [1.807, 2.05) is 79.1 Å². The fraction of sp³-hybridized carbons (Fsp3) is 0.266. The van der Waals surface area contributed by atoms with Gasteiger partial charge in [-0.2, -0.15) is 8.89 Å². The van der Waals surface area contributed by atoms with E-state index in [9.17, 15) is 53.5 Å². The van der Waals surface area contributed by atoms with Gasteiger partial charge in [0, 0.05) is 64.1 Å². The average Bonchev–Trinajstić information content (AvgIpc) is 0.969. The second-order valence-corrected chi connectivity index (χ2v) is 37.6. The maximum Gasteiger partial charge on any atom is 0.308 e. The summed E-state index contributed by atoms with van der Waals surface area (Å²) < 4.78 is 36.1. The molecule has 2 aliphatic rings. The van der Waals surface area contributed by atoms with Crippen molar-refractivity contribution in [3.05, 3.63) is 261 Å². The number of phenols is 5. The van der Waals surface area contributed by atoms with Crippen molar-refractivity contribution in [3.63, 3.8) is 0 Å². The van der Waals surface area contributed by atoms with Crippen LogP contribution in [0.25, 0.3) is 44.0 Å². The summed E-state index contributed by atoms with van der Waals surface area (Å²) in [5, 5.41) is 102. The number of fused-ring (bicyclic) bond motifs is 8. The minimum Gasteiger partial charge on any atom is -0.507 e. The van der Waals surface area contributed by atoms with E-state index in [1.165, 1.54) is 103 Å². The fourth-order valence-corrected chi connectivity index (χ4v) is 22.0. The van der Waals surface area contributed by atoms with Crippen molar-refractivity contribution in [2.24, 2.45) is 5.14 Å². The zero-order valence-electron chi connectivity index (χ0n) is 69.8. The molecule has 0 aliphatic heterocycles. The average molecular weight is 1760 g/mol. The van der Waals surface area contributed by atoms with Gasteiger partial charge in [0.2, 0.25) is 5.16 Å². The number of unbranched alkanes of at least 4 members (excludes halogenated alkanes) is 5. The quantitative estimate of drug-likeness (QED) is 0.00544. The number of rotatable bonds is 28. The van der Waals surface area contributed by atoms with Gasteiger partial charge in [0.1, 0.15) is 39.8 Å². The second-order valence-electron chi connectivity index (χ2n) is 30.6. The fourth-order valence-electron chi connectivity index (χ4n) is 15.8. The Morgan fingerprint density at radius 3 is 1.64 bits per heavy atom. The summed E-state index contributed by atoms with van der Waals surface area (Å²) in [4.78, 5) is 51.4. The number of tetrazole rings is 1. The highest BCUT2D eigenvalue weighted by atomic mass is 32.3. The summed E-state index contributed by atoms with van der Waals surface area (Å²) >= 11 is 5.07. The summed E-state index contributed by atoms with van der Waals surface area (Å²) in [6, 6.07) is 59.9. The highest BCUT2D eigenvalue weighted by Crippen LogP contribution is 2.61. The van der Waals surface area contributed by atoms with Gasteiger partial charge in [0.25, 0.3) is 17.7 Å². The van der Waals surface area contributed by atoms with Gasteiger partial charge in [-0.1, -0.05) is 251 Å².